The molecule has 2 heterocycles. The predicted molar refractivity (Wildman–Crippen MR) is 122 cm³/mol. The van der Waals surface area contributed by atoms with Gasteiger partial charge < -0.3 is 15.0 Å². The molecule has 1 N–H and O–H groups in total. The summed E-state index contributed by atoms with van der Waals surface area (Å²) in [7, 11) is 1.66. The third-order valence-electron chi connectivity index (χ3n) is 5.59. The fourth-order valence-electron chi connectivity index (χ4n) is 3.87. The lowest BCUT2D eigenvalue weighted by Crippen LogP contribution is -2.45. The van der Waals surface area contributed by atoms with Gasteiger partial charge in [-0.05, 0) is 55.8 Å². The van der Waals surface area contributed by atoms with Gasteiger partial charge in [0.25, 0.3) is 0 Å². The van der Waals surface area contributed by atoms with E-state index >= 15 is 0 Å². The second-order valence-corrected chi connectivity index (χ2v) is 8.42. The first kappa shape index (κ1) is 20.8. The number of fused-ring (bicyclic) bond motifs is 1. The Morgan fingerprint density at radius 1 is 1.17 bits per heavy atom. The van der Waals surface area contributed by atoms with E-state index in [1.807, 2.05) is 42.5 Å². The Bertz CT molecular complexity index is 994. The Morgan fingerprint density at radius 2 is 1.90 bits per heavy atom. The lowest BCUT2D eigenvalue weighted by molar-refractivity contribution is -0.119. The molecule has 1 aliphatic heterocycles. The lowest BCUT2D eigenvalue weighted by Gasteiger charge is -2.31. The van der Waals surface area contributed by atoms with E-state index in [2.05, 4.69) is 27.8 Å². The number of nitrogens with zero attached hydrogens (tertiary/aromatic N) is 3. The zero-order valence-corrected chi connectivity index (χ0v) is 18.3. The molecule has 7 heteroatoms. The Morgan fingerprint density at radius 3 is 2.60 bits per heavy atom. The summed E-state index contributed by atoms with van der Waals surface area (Å²) in [4.78, 5) is 19.8. The third kappa shape index (κ3) is 4.63. The van der Waals surface area contributed by atoms with Crippen molar-refractivity contribution in [1.29, 1.82) is 0 Å². The molecule has 0 unspecified atom stereocenters. The van der Waals surface area contributed by atoms with Crippen molar-refractivity contribution in [3.63, 3.8) is 0 Å². The van der Waals surface area contributed by atoms with E-state index in [1.165, 1.54) is 11.8 Å². The lowest BCUT2D eigenvalue weighted by atomic mass is 10.1. The molecule has 1 aromatic heterocycles. The van der Waals surface area contributed by atoms with Crippen LogP contribution in [0, 0.1) is 0 Å². The second-order valence-electron chi connectivity index (χ2n) is 7.48. The third-order valence-corrected chi connectivity index (χ3v) is 6.53. The van der Waals surface area contributed by atoms with Gasteiger partial charge in [-0.3, -0.25) is 9.36 Å². The van der Waals surface area contributed by atoms with Gasteiger partial charge >= 0.3 is 0 Å². The normalized spacial score (nSPS) is 15.4. The average Bonchev–Trinajstić information content (AvgIpc) is 3.16. The van der Waals surface area contributed by atoms with E-state index in [4.69, 9.17) is 9.72 Å². The summed E-state index contributed by atoms with van der Waals surface area (Å²) in [6.07, 6.45) is 2.04. The number of aromatic nitrogens is 2. The molecule has 0 bridgehead atoms. The van der Waals surface area contributed by atoms with Gasteiger partial charge in [0, 0.05) is 24.8 Å². The maximum atomic E-state index is 12.6. The zero-order valence-electron chi connectivity index (χ0n) is 17.5. The molecule has 1 aliphatic rings. The van der Waals surface area contributed by atoms with Gasteiger partial charge in [0.2, 0.25) is 5.91 Å². The number of para-hydroxylation sites is 2. The minimum atomic E-state index is 0.0725. The first-order chi connectivity index (χ1) is 14.7. The molecule has 3 aromatic rings. The Labute approximate surface area is 181 Å². The van der Waals surface area contributed by atoms with Crippen LogP contribution < -0.4 is 10.1 Å². The Hall–Kier alpha value is -2.51. The highest BCUT2D eigenvalue weighted by Crippen LogP contribution is 2.29. The molecular weight excluding hydrogens is 396 g/mol. The molecule has 0 radical (unpaired) electrons. The SMILES string of the molecule is CCN1CCC(NC(=O)CSc2nc3ccccc3n2-c2ccc(OC)cc2)CC1. The van der Waals surface area contributed by atoms with Gasteiger partial charge in [0.05, 0.1) is 23.9 Å². The maximum absolute atomic E-state index is 12.6. The fourth-order valence-corrected chi connectivity index (χ4v) is 4.71. The molecule has 158 valence electrons. The number of amides is 1. The quantitative estimate of drug-likeness (QED) is 0.586. The minimum Gasteiger partial charge on any atom is -0.497 e. The number of thioether (sulfide) groups is 1. The van der Waals surface area contributed by atoms with Crippen molar-refractivity contribution in [1.82, 2.24) is 19.8 Å². The van der Waals surface area contributed by atoms with Crippen molar-refractivity contribution in [2.45, 2.75) is 31.0 Å². The average molecular weight is 425 g/mol. The summed E-state index contributed by atoms with van der Waals surface area (Å²) in [6, 6.07) is 16.2. The number of hydrogen-bond donors (Lipinski definition) is 1. The molecule has 0 spiro atoms. The van der Waals surface area contributed by atoms with Crippen LogP contribution in [0.2, 0.25) is 0 Å². The summed E-state index contributed by atoms with van der Waals surface area (Å²) >= 11 is 1.48. The van der Waals surface area contributed by atoms with Crippen molar-refractivity contribution in [2.24, 2.45) is 0 Å². The number of hydrogen-bond acceptors (Lipinski definition) is 5. The molecule has 6 nitrogen and oxygen atoms in total. The number of carbonyl (C=O) groups excluding carboxylic acids is 1. The van der Waals surface area contributed by atoms with Gasteiger partial charge in [-0.15, -0.1) is 0 Å². The molecule has 30 heavy (non-hydrogen) atoms. The van der Waals surface area contributed by atoms with Crippen LogP contribution >= 0.6 is 11.8 Å². The highest BCUT2D eigenvalue weighted by Gasteiger charge is 2.20. The minimum absolute atomic E-state index is 0.0725. The smallest absolute Gasteiger partial charge is 0.230 e. The van der Waals surface area contributed by atoms with Crippen LogP contribution in [0.1, 0.15) is 19.8 Å². The molecule has 4 rings (SSSR count). The molecule has 1 amide bonds. The van der Waals surface area contributed by atoms with Gasteiger partial charge in [0.15, 0.2) is 5.16 Å². The first-order valence-corrected chi connectivity index (χ1v) is 11.4. The van der Waals surface area contributed by atoms with Crippen LogP contribution in [0.4, 0.5) is 0 Å². The number of benzene rings is 2. The van der Waals surface area contributed by atoms with E-state index in [1.54, 1.807) is 7.11 Å². The van der Waals surface area contributed by atoms with Crippen LogP contribution in [-0.2, 0) is 4.79 Å². The molecule has 1 fully saturated rings. The molecule has 0 saturated carbocycles. The number of nitrogens with one attached hydrogen (secondary N) is 1. The highest BCUT2D eigenvalue weighted by atomic mass is 32.2. The standard InChI is InChI=1S/C23H28N4O2S/c1-3-26-14-12-17(13-15-26)24-22(28)16-30-23-25-20-6-4-5-7-21(20)27(23)18-8-10-19(29-2)11-9-18/h4-11,17H,3,12-16H2,1-2H3,(H,24,28). The second kappa shape index (κ2) is 9.53. The zero-order chi connectivity index (χ0) is 20.9. The molecule has 2 aromatic carbocycles. The number of rotatable bonds is 7. The highest BCUT2D eigenvalue weighted by molar-refractivity contribution is 7.99. The van der Waals surface area contributed by atoms with E-state index in [0.717, 1.165) is 60.1 Å². The summed E-state index contributed by atoms with van der Waals surface area (Å²) in [6.45, 7) is 5.38. The van der Waals surface area contributed by atoms with Gasteiger partial charge in [0.1, 0.15) is 5.75 Å². The number of imidazole rings is 1. The first-order valence-electron chi connectivity index (χ1n) is 10.4. The van der Waals surface area contributed by atoms with Gasteiger partial charge in [-0.2, -0.15) is 0 Å². The number of carbonyl (C=O) groups is 1. The number of methoxy groups -OCH3 is 1. The van der Waals surface area contributed by atoms with Crippen LogP contribution in [0.5, 0.6) is 5.75 Å². The van der Waals surface area contributed by atoms with Crippen LogP contribution in [0.25, 0.3) is 16.7 Å². The molecular formula is C23H28N4O2S. The van der Waals surface area contributed by atoms with Gasteiger partial charge in [-0.25, -0.2) is 4.98 Å². The van der Waals surface area contributed by atoms with E-state index in [-0.39, 0.29) is 11.9 Å². The van der Waals surface area contributed by atoms with Crippen molar-refractivity contribution < 1.29 is 9.53 Å². The van der Waals surface area contributed by atoms with Crippen LogP contribution in [0.3, 0.4) is 0 Å². The van der Waals surface area contributed by atoms with E-state index in [9.17, 15) is 4.79 Å². The monoisotopic (exact) mass is 424 g/mol. The number of likely N-dealkylation sites (tertiary alicyclic amines) is 1. The van der Waals surface area contributed by atoms with Crippen molar-refractivity contribution in [3.8, 4) is 11.4 Å². The fraction of sp³-hybridized carbons (Fsp3) is 0.391. The largest absolute Gasteiger partial charge is 0.497 e. The van der Waals surface area contributed by atoms with E-state index in [0.29, 0.717) is 5.75 Å². The maximum Gasteiger partial charge on any atom is 0.230 e. The van der Waals surface area contributed by atoms with E-state index < -0.39 is 0 Å². The van der Waals surface area contributed by atoms with Crippen LogP contribution in [0.15, 0.2) is 53.7 Å². The van der Waals surface area contributed by atoms with Gasteiger partial charge in [-0.1, -0.05) is 30.8 Å². The number of ether oxygens (including phenoxy) is 1. The summed E-state index contributed by atoms with van der Waals surface area (Å²) in [5, 5.41) is 4.02. The van der Waals surface area contributed by atoms with Crippen molar-refractivity contribution >= 4 is 28.7 Å². The Kier molecular flexibility index (Phi) is 6.59. The van der Waals surface area contributed by atoms with Crippen LogP contribution in [-0.4, -0.2) is 58.9 Å². The molecule has 0 atom stereocenters. The van der Waals surface area contributed by atoms with Crippen molar-refractivity contribution in [3.05, 3.63) is 48.5 Å². The Balaban J connectivity index is 1.48. The summed E-state index contributed by atoms with van der Waals surface area (Å²) in [5.74, 6) is 1.24. The topological polar surface area (TPSA) is 59.4 Å². The summed E-state index contributed by atoms with van der Waals surface area (Å²) in [5.41, 5.74) is 2.94. The predicted octanol–water partition coefficient (Wildman–Crippen LogP) is 3.73. The van der Waals surface area contributed by atoms with Crippen molar-refractivity contribution in [2.75, 3.05) is 32.5 Å². The molecule has 1 saturated heterocycles. The molecule has 0 aliphatic carbocycles. The number of piperidine rings is 1. The summed E-state index contributed by atoms with van der Waals surface area (Å²) < 4.78 is 7.39.